The molecule has 13 heavy (non-hydrogen) atoms. The highest BCUT2D eigenvalue weighted by Crippen LogP contribution is 2.13. The van der Waals surface area contributed by atoms with Crippen LogP contribution >= 0.6 is 0 Å². The molecule has 0 aliphatic rings. The molecule has 0 aromatic carbocycles. The third kappa shape index (κ3) is 8.04. The number of hydrogen-bond donors (Lipinski definition) is 1. The third-order valence-electron chi connectivity index (χ3n) is 2.33. The fraction of sp³-hybridized carbons (Fsp3) is 0.833. The molecule has 1 heteroatoms. The maximum atomic E-state index is 8.83. The summed E-state index contributed by atoms with van der Waals surface area (Å²) in [5.74, 6) is 0.629. The molecule has 0 radical (unpaired) electrons. The van der Waals surface area contributed by atoms with Crippen molar-refractivity contribution in [2.75, 3.05) is 6.61 Å². The van der Waals surface area contributed by atoms with E-state index in [1.807, 2.05) is 6.92 Å². The molecule has 0 saturated heterocycles. The van der Waals surface area contributed by atoms with Gasteiger partial charge in [0.25, 0.3) is 0 Å². The maximum Gasteiger partial charge on any atom is 0.0639 e. The van der Waals surface area contributed by atoms with Crippen LogP contribution in [0.3, 0.4) is 0 Å². The minimum Gasteiger partial charge on any atom is -0.392 e. The zero-order valence-corrected chi connectivity index (χ0v) is 9.34. The molecule has 0 heterocycles. The lowest BCUT2D eigenvalue weighted by Crippen LogP contribution is -1.94. The molecule has 0 fully saturated rings. The molecule has 0 aliphatic heterocycles. The molecule has 1 atom stereocenters. The monoisotopic (exact) mass is 184 g/mol. The first-order valence-electron chi connectivity index (χ1n) is 5.48. The second-order valence-corrected chi connectivity index (χ2v) is 4.00. The van der Waals surface area contributed by atoms with E-state index in [1.54, 1.807) is 0 Å². The highest BCUT2D eigenvalue weighted by atomic mass is 16.3. The SMILES string of the molecule is CCCCCC[C@H](C)/C=C(\C)CO. The van der Waals surface area contributed by atoms with Gasteiger partial charge in [-0.05, 0) is 19.3 Å². The van der Waals surface area contributed by atoms with Crippen LogP contribution < -0.4 is 0 Å². The van der Waals surface area contributed by atoms with Gasteiger partial charge in [-0.15, -0.1) is 0 Å². The van der Waals surface area contributed by atoms with E-state index < -0.39 is 0 Å². The summed E-state index contributed by atoms with van der Waals surface area (Å²) in [6.07, 6.45) is 8.79. The van der Waals surface area contributed by atoms with Crippen molar-refractivity contribution in [1.29, 1.82) is 0 Å². The summed E-state index contributed by atoms with van der Waals surface area (Å²) in [5, 5.41) is 8.83. The average molecular weight is 184 g/mol. The Bertz CT molecular complexity index is 138. The third-order valence-corrected chi connectivity index (χ3v) is 2.33. The van der Waals surface area contributed by atoms with Gasteiger partial charge >= 0.3 is 0 Å². The first-order chi connectivity index (χ1) is 6.20. The molecule has 1 N–H and O–H groups in total. The highest BCUT2D eigenvalue weighted by molar-refractivity contribution is 4.99. The lowest BCUT2D eigenvalue weighted by Gasteiger charge is -2.06. The molecule has 78 valence electrons. The molecule has 0 unspecified atom stereocenters. The Balaban J connectivity index is 3.45. The molecule has 0 aliphatic carbocycles. The molecular weight excluding hydrogens is 160 g/mol. The summed E-state index contributed by atoms with van der Waals surface area (Å²) in [6, 6.07) is 0. The number of hydrogen-bond acceptors (Lipinski definition) is 1. The topological polar surface area (TPSA) is 20.2 Å². The van der Waals surface area contributed by atoms with Crippen LogP contribution in [0, 0.1) is 5.92 Å². The molecule has 0 saturated carbocycles. The standard InChI is InChI=1S/C12H24O/c1-4-5-6-7-8-11(2)9-12(3)10-13/h9,11,13H,4-8,10H2,1-3H3/b12-9+/t11-/m0/s1. The van der Waals surface area contributed by atoms with Crippen LogP contribution in [-0.2, 0) is 0 Å². The van der Waals surface area contributed by atoms with Gasteiger partial charge in [0, 0.05) is 0 Å². The summed E-state index contributed by atoms with van der Waals surface area (Å²) in [4.78, 5) is 0. The fourth-order valence-electron chi connectivity index (χ4n) is 1.51. The molecule has 0 bridgehead atoms. The van der Waals surface area contributed by atoms with Crippen molar-refractivity contribution in [3.8, 4) is 0 Å². The summed E-state index contributed by atoms with van der Waals surface area (Å²) >= 11 is 0. The van der Waals surface area contributed by atoms with E-state index in [0.29, 0.717) is 5.92 Å². The lowest BCUT2D eigenvalue weighted by atomic mass is 10.0. The molecular formula is C12H24O. The first-order valence-corrected chi connectivity index (χ1v) is 5.48. The molecule has 0 amide bonds. The van der Waals surface area contributed by atoms with Gasteiger partial charge in [-0.25, -0.2) is 0 Å². The highest BCUT2D eigenvalue weighted by Gasteiger charge is 1.98. The Morgan fingerprint density at radius 2 is 2.00 bits per heavy atom. The predicted octanol–water partition coefficient (Wildman–Crippen LogP) is 3.53. The lowest BCUT2D eigenvalue weighted by molar-refractivity contribution is 0.330. The molecule has 0 aromatic heterocycles. The fourth-order valence-corrected chi connectivity index (χ4v) is 1.51. The normalized spacial score (nSPS) is 14.6. The quantitative estimate of drug-likeness (QED) is 0.474. The average Bonchev–Trinajstić information content (AvgIpc) is 2.12. The van der Waals surface area contributed by atoms with Crippen LogP contribution in [-0.4, -0.2) is 11.7 Å². The minimum absolute atomic E-state index is 0.208. The van der Waals surface area contributed by atoms with Gasteiger partial charge in [-0.3, -0.25) is 0 Å². The Kier molecular flexibility index (Phi) is 8.11. The Hall–Kier alpha value is -0.300. The molecule has 1 nitrogen and oxygen atoms in total. The van der Waals surface area contributed by atoms with E-state index in [1.165, 1.54) is 32.1 Å². The Morgan fingerprint density at radius 3 is 2.54 bits per heavy atom. The van der Waals surface area contributed by atoms with Gasteiger partial charge in [0.2, 0.25) is 0 Å². The number of aliphatic hydroxyl groups excluding tert-OH is 1. The van der Waals surface area contributed by atoms with Crippen molar-refractivity contribution in [1.82, 2.24) is 0 Å². The van der Waals surface area contributed by atoms with Gasteiger partial charge < -0.3 is 5.11 Å². The number of rotatable bonds is 7. The van der Waals surface area contributed by atoms with E-state index in [9.17, 15) is 0 Å². The molecule has 0 aromatic rings. The van der Waals surface area contributed by atoms with Crippen molar-refractivity contribution in [3.05, 3.63) is 11.6 Å². The van der Waals surface area contributed by atoms with Crippen molar-refractivity contribution in [2.45, 2.75) is 52.9 Å². The smallest absolute Gasteiger partial charge is 0.0639 e. The number of unbranched alkanes of at least 4 members (excludes halogenated alkanes) is 3. The summed E-state index contributed by atoms with van der Waals surface area (Å²) in [5.41, 5.74) is 1.10. The largest absolute Gasteiger partial charge is 0.392 e. The van der Waals surface area contributed by atoms with Crippen LogP contribution in [0.15, 0.2) is 11.6 Å². The van der Waals surface area contributed by atoms with Crippen molar-refractivity contribution in [3.63, 3.8) is 0 Å². The predicted molar refractivity (Wildman–Crippen MR) is 58.8 cm³/mol. The van der Waals surface area contributed by atoms with Gasteiger partial charge in [0.05, 0.1) is 6.61 Å². The molecule has 0 spiro atoms. The van der Waals surface area contributed by atoms with Crippen molar-refractivity contribution < 1.29 is 5.11 Å². The maximum absolute atomic E-state index is 8.83. The number of allylic oxidation sites excluding steroid dienone is 1. The summed E-state index contributed by atoms with van der Waals surface area (Å²) < 4.78 is 0. The first kappa shape index (κ1) is 12.7. The van der Waals surface area contributed by atoms with Crippen molar-refractivity contribution in [2.24, 2.45) is 5.92 Å². The van der Waals surface area contributed by atoms with Crippen molar-refractivity contribution >= 4 is 0 Å². The van der Waals surface area contributed by atoms with E-state index in [0.717, 1.165) is 5.57 Å². The Morgan fingerprint density at radius 1 is 1.31 bits per heavy atom. The van der Waals surface area contributed by atoms with Crippen LogP contribution in [0.4, 0.5) is 0 Å². The van der Waals surface area contributed by atoms with Crippen LogP contribution in [0.2, 0.25) is 0 Å². The van der Waals surface area contributed by atoms with Crippen LogP contribution in [0.1, 0.15) is 52.9 Å². The summed E-state index contributed by atoms with van der Waals surface area (Å²) in [6.45, 7) is 6.66. The van der Waals surface area contributed by atoms with Gasteiger partial charge in [-0.1, -0.05) is 51.2 Å². The second kappa shape index (κ2) is 8.31. The van der Waals surface area contributed by atoms with E-state index in [-0.39, 0.29) is 6.61 Å². The minimum atomic E-state index is 0.208. The van der Waals surface area contributed by atoms with Gasteiger partial charge in [0.1, 0.15) is 0 Å². The number of aliphatic hydroxyl groups is 1. The van der Waals surface area contributed by atoms with E-state index in [4.69, 9.17) is 5.11 Å². The second-order valence-electron chi connectivity index (χ2n) is 4.00. The van der Waals surface area contributed by atoms with E-state index >= 15 is 0 Å². The summed E-state index contributed by atoms with van der Waals surface area (Å²) in [7, 11) is 0. The van der Waals surface area contributed by atoms with Crippen LogP contribution in [0.5, 0.6) is 0 Å². The van der Waals surface area contributed by atoms with E-state index in [2.05, 4.69) is 19.9 Å². The van der Waals surface area contributed by atoms with Gasteiger partial charge in [0.15, 0.2) is 0 Å². The van der Waals surface area contributed by atoms with Gasteiger partial charge in [-0.2, -0.15) is 0 Å². The zero-order valence-electron chi connectivity index (χ0n) is 9.34. The molecule has 0 rings (SSSR count). The van der Waals surface area contributed by atoms with Crippen LogP contribution in [0.25, 0.3) is 0 Å². The Labute approximate surface area is 82.9 Å². The zero-order chi connectivity index (χ0) is 10.1.